The summed E-state index contributed by atoms with van der Waals surface area (Å²) in [5.41, 5.74) is 1.37. The van der Waals surface area contributed by atoms with Crippen LogP contribution in [0.3, 0.4) is 0 Å². The molecule has 3 saturated carbocycles. The van der Waals surface area contributed by atoms with Crippen molar-refractivity contribution in [3.8, 4) is 12.3 Å². The third-order valence-corrected chi connectivity index (χ3v) is 8.12. The van der Waals surface area contributed by atoms with E-state index in [1.807, 2.05) is 0 Å². The number of hydrogen-bond donors (Lipinski definition) is 1. The Morgan fingerprint density at radius 2 is 2.13 bits per heavy atom. The Bertz CT molecular complexity index is 608. The second-order valence-electron chi connectivity index (χ2n) is 8.96. The number of allylic oxidation sites excluding steroid dienone is 2. The van der Waals surface area contributed by atoms with Crippen molar-refractivity contribution in [1.29, 1.82) is 0 Å². The minimum Gasteiger partial charge on any atom is -0.373 e. The van der Waals surface area contributed by atoms with E-state index in [-0.39, 0.29) is 5.41 Å². The molecule has 2 unspecified atom stereocenters. The van der Waals surface area contributed by atoms with Crippen molar-refractivity contribution in [3.05, 3.63) is 23.8 Å². The molecule has 23 heavy (non-hydrogen) atoms. The highest BCUT2D eigenvalue weighted by Crippen LogP contribution is 2.66. The van der Waals surface area contributed by atoms with Crippen molar-refractivity contribution < 1.29 is 5.11 Å². The molecule has 3 fully saturated rings. The smallest absolute Gasteiger partial charge is 0.152 e. The van der Waals surface area contributed by atoms with E-state index in [4.69, 9.17) is 6.42 Å². The summed E-state index contributed by atoms with van der Waals surface area (Å²) in [6.45, 7) is 8.86. The Morgan fingerprint density at radius 3 is 2.87 bits per heavy atom. The Labute approximate surface area is 141 Å². The van der Waals surface area contributed by atoms with Crippen LogP contribution in [-0.4, -0.2) is 10.7 Å². The first-order valence-electron chi connectivity index (χ1n) is 9.49. The molecule has 0 aromatic heterocycles. The maximum atomic E-state index is 11.2. The predicted octanol–water partition coefficient (Wildman–Crippen LogP) is 4.73. The third-order valence-electron chi connectivity index (χ3n) is 8.12. The van der Waals surface area contributed by atoms with Crippen molar-refractivity contribution in [2.45, 2.75) is 64.4 Å². The van der Waals surface area contributed by atoms with Crippen LogP contribution in [0.15, 0.2) is 23.8 Å². The lowest BCUT2D eigenvalue weighted by Gasteiger charge is -2.56. The van der Waals surface area contributed by atoms with Gasteiger partial charge < -0.3 is 5.11 Å². The van der Waals surface area contributed by atoms with E-state index < -0.39 is 5.60 Å². The van der Waals surface area contributed by atoms with E-state index in [9.17, 15) is 5.11 Å². The average Bonchev–Trinajstić information content (AvgIpc) is 2.75. The van der Waals surface area contributed by atoms with Crippen LogP contribution in [0.5, 0.6) is 0 Å². The van der Waals surface area contributed by atoms with E-state index in [0.29, 0.717) is 17.8 Å². The van der Waals surface area contributed by atoms with Crippen LogP contribution in [0.1, 0.15) is 58.8 Å². The summed E-state index contributed by atoms with van der Waals surface area (Å²) in [5, 5.41) is 11.2. The first kappa shape index (κ1) is 15.5. The molecule has 1 heteroatoms. The molecule has 4 rings (SSSR count). The van der Waals surface area contributed by atoms with Gasteiger partial charge in [-0.3, -0.25) is 0 Å². The summed E-state index contributed by atoms with van der Waals surface area (Å²) < 4.78 is 0. The van der Waals surface area contributed by atoms with Crippen molar-refractivity contribution in [2.75, 3.05) is 0 Å². The van der Waals surface area contributed by atoms with Gasteiger partial charge in [-0.15, -0.1) is 6.42 Å². The van der Waals surface area contributed by atoms with Crippen LogP contribution in [-0.2, 0) is 0 Å². The fourth-order valence-electron chi connectivity index (χ4n) is 6.94. The van der Waals surface area contributed by atoms with Gasteiger partial charge in [-0.1, -0.05) is 38.0 Å². The molecule has 0 saturated heterocycles. The van der Waals surface area contributed by atoms with E-state index >= 15 is 0 Å². The van der Waals surface area contributed by atoms with E-state index in [2.05, 4.69) is 32.4 Å². The van der Waals surface area contributed by atoms with Gasteiger partial charge >= 0.3 is 0 Å². The summed E-state index contributed by atoms with van der Waals surface area (Å²) >= 11 is 0. The highest BCUT2D eigenvalue weighted by Gasteiger charge is 2.64. The van der Waals surface area contributed by atoms with E-state index in [1.165, 1.54) is 32.1 Å². The predicted molar refractivity (Wildman–Crippen MR) is 94.6 cm³/mol. The standard InChI is InChI=1S/C22H30O/c1-5-22(23)15(3)13-19-20-14(2)12-16-8-6-7-9-17(16)18(20)10-11-21(19,22)4/h1,8,14,17-20,23H,3,6-7,9-13H2,2,4H3/t14?,17-,18+,19-,20+,21-,22?/m0/s1. The molecule has 1 N–H and O–H groups in total. The lowest BCUT2D eigenvalue weighted by Crippen LogP contribution is -2.54. The van der Waals surface area contributed by atoms with Crippen LogP contribution >= 0.6 is 0 Å². The van der Waals surface area contributed by atoms with Crippen molar-refractivity contribution in [2.24, 2.45) is 35.0 Å². The topological polar surface area (TPSA) is 20.2 Å². The summed E-state index contributed by atoms with van der Waals surface area (Å²) in [5.74, 6) is 6.27. The maximum Gasteiger partial charge on any atom is 0.152 e. The largest absolute Gasteiger partial charge is 0.373 e. The van der Waals surface area contributed by atoms with Crippen LogP contribution in [0, 0.1) is 47.3 Å². The van der Waals surface area contributed by atoms with Gasteiger partial charge in [0.2, 0.25) is 0 Å². The van der Waals surface area contributed by atoms with Crippen molar-refractivity contribution in [3.63, 3.8) is 0 Å². The lowest BCUT2D eigenvalue weighted by molar-refractivity contribution is -0.0919. The normalized spacial score (nSPS) is 52.0. The maximum absolute atomic E-state index is 11.2. The Kier molecular flexibility index (Phi) is 3.37. The molecular weight excluding hydrogens is 280 g/mol. The van der Waals surface area contributed by atoms with Crippen LogP contribution in [0.2, 0.25) is 0 Å². The van der Waals surface area contributed by atoms with Gasteiger partial charge in [0.1, 0.15) is 0 Å². The molecule has 0 heterocycles. The van der Waals surface area contributed by atoms with Crippen molar-refractivity contribution in [1.82, 2.24) is 0 Å². The minimum absolute atomic E-state index is 0.176. The summed E-state index contributed by atoms with van der Waals surface area (Å²) in [7, 11) is 0. The average molecular weight is 310 g/mol. The quantitative estimate of drug-likeness (QED) is 0.507. The number of terminal acetylenes is 1. The number of aliphatic hydroxyl groups is 1. The number of rotatable bonds is 0. The third kappa shape index (κ3) is 1.85. The van der Waals surface area contributed by atoms with Gasteiger partial charge in [0.25, 0.3) is 0 Å². The monoisotopic (exact) mass is 310 g/mol. The fourth-order valence-corrected chi connectivity index (χ4v) is 6.94. The van der Waals surface area contributed by atoms with E-state index in [0.717, 1.165) is 30.3 Å². The van der Waals surface area contributed by atoms with Gasteiger partial charge in [0.05, 0.1) is 0 Å². The number of hydrogen-bond acceptors (Lipinski definition) is 1. The summed E-state index contributed by atoms with van der Waals surface area (Å²) in [4.78, 5) is 0. The molecular formula is C22H30O. The molecule has 0 amide bonds. The molecule has 4 aliphatic rings. The molecule has 4 aliphatic carbocycles. The summed E-state index contributed by atoms with van der Waals surface area (Å²) in [6.07, 6.45) is 16.8. The van der Waals surface area contributed by atoms with Crippen LogP contribution < -0.4 is 0 Å². The molecule has 7 atom stereocenters. The SMILES string of the molecule is C#CC1(O)C(=C)C[C@H]2[C@@H]3C(C)CC4=CCCC[C@@H]4[C@H]3CC[C@@]21C. The van der Waals surface area contributed by atoms with Gasteiger partial charge in [0, 0.05) is 5.41 Å². The highest BCUT2D eigenvalue weighted by molar-refractivity contribution is 5.39. The Morgan fingerprint density at radius 1 is 1.35 bits per heavy atom. The van der Waals surface area contributed by atoms with Gasteiger partial charge in [-0.05, 0) is 80.1 Å². The molecule has 0 spiro atoms. The molecule has 0 radical (unpaired) electrons. The fraction of sp³-hybridized carbons (Fsp3) is 0.727. The number of fused-ring (bicyclic) bond motifs is 5. The highest BCUT2D eigenvalue weighted by atomic mass is 16.3. The molecule has 0 bridgehead atoms. The zero-order valence-corrected chi connectivity index (χ0v) is 14.6. The first-order chi connectivity index (χ1) is 10.9. The second kappa shape index (κ2) is 5.00. The van der Waals surface area contributed by atoms with Gasteiger partial charge in [-0.2, -0.15) is 0 Å². The lowest BCUT2D eigenvalue weighted by atomic mass is 9.48. The zero-order chi connectivity index (χ0) is 16.4. The Hall–Kier alpha value is -1.00. The zero-order valence-electron chi connectivity index (χ0n) is 14.6. The molecule has 124 valence electrons. The molecule has 1 nitrogen and oxygen atoms in total. The van der Waals surface area contributed by atoms with Gasteiger partial charge in [0.15, 0.2) is 5.60 Å². The van der Waals surface area contributed by atoms with Crippen molar-refractivity contribution >= 4 is 0 Å². The summed E-state index contributed by atoms with van der Waals surface area (Å²) in [6, 6.07) is 0. The second-order valence-corrected chi connectivity index (χ2v) is 8.96. The molecule has 0 aromatic rings. The first-order valence-corrected chi connectivity index (χ1v) is 9.49. The molecule has 0 aliphatic heterocycles. The minimum atomic E-state index is -1.09. The van der Waals surface area contributed by atoms with Crippen LogP contribution in [0.4, 0.5) is 0 Å². The van der Waals surface area contributed by atoms with E-state index in [1.54, 1.807) is 5.57 Å². The Balaban J connectivity index is 1.74. The van der Waals surface area contributed by atoms with Gasteiger partial charge in [-0.25, -0.2) is 0 Å². The van der Waals surface area contributed by atoms with Crippen LogP contribution in [0.25, 0.3) is 0 Å². The molecule has 0 aromatic carbocycles.